The Morgan fingerprint density at radius 2 is 1.84 bits per heavy atom. The SMILES string of the molecule is CCN(CC)c1ncc2c(n1)CCC(C(=O)NCc1ccc(N3CCN(C)CC3)cc1)C2. The van der Waals surface area contributed by atoms with Crippen molar-refractivity contribution >= 4 is 17.5 Å². The molecular formula is C25H36N6O. The molecule has 1 aromatic heterocycles. The zero-order chi connectivity index (χ0) is 22.5. The Kier molecular flexibility index (Phi) is 7.25. The summed E-state index contributed by atoms with van der Waals surface area (Å²) in [6.45, 7) is 10.9. The van der Waals surface area contributed by atoms with Crippen molar-refractivity contribution in [2.24, 2.45) is 5.92 Å². The summed E-state index contributed by atoms with van der Waals surface area (Å²) in [5, 5.41) is 3.14. The lowest BCUT2D eigenvalue weighted by molar-refractivity contribution is -0.125. The molecule has 2 aliphatic rings. The molecule has 1 aliphatic carbocycles. The maximum Gasteiger partial charge on any atom is 0.225 e. The fourth-order valence-electron chi connectivity index (χ4n) is 4.60. The minimum atomic E-state index is -0.00461. The summed E-state index contributed by atoms with van der Waals surface area (Å²) in [7, 11) is 2.17. The Morgan fingerprint density at radius 1 is 1.12 bits per heavy atom. The highest BCUT2D eigenvalue weighted by Gasteiger charge is 2.26. The van der Waals surface area contributed by atoms with Crippen LogP contribution < -0.4 is 15.1 Å². The monoisotopic (exact) mass is 436 g/mol. The van der Waals surface area contributed by atoms with E-state index in [9.17, 15) is 4.79 Å². The molecule has 1 atom stereocenters. The zero-order valence-electron chi connectivity index (χ0n) is 19.7. The molecule has 1 saturated heterocycles. The van der Waals surface area contributed by atoms with Gasteiger partial charge in [0.05, 0.1) is 0 Å². The van der Waals surface area contributed by atoms with Gasteiger partial charge in [0, 0.05) is 69.3 Å². The summed E-state index contributed by atoms with van der Waals surface area (Å²) in [5.41, 5.74) is 4.62. The Morgan fingerprint density at radius 3 is 2.53 bits per heavy atom. The van der Waals surface area contributed by atoms with E-state index in [-0.39, 0.29) is 11.8 Å². The van der Waals surface area contributed by atoms with E-state index in [0.717, 1.165) is 81.3 Å². The maximum absolute atomic E-state index is 12.8. The largest absolute Gasteiger partial charge is 0.369 e. The molecule has 32 heavy (non-hydrogen) atoms. The van der Waals surface area contributed by atoms with Crippen LogP contribution in [0, 0.1) is 5.92 Å². The van der Waals surface area contributed by atoms with Crippen LogP contribution in [0.5, 0.6) is 0 Å². The molecule has 0 spiro atoms. The lowest BCUT2D eigenvalue weighted by Crippen LogP contribution is -2.44. The number of anilines is 2. The average molecular weight is 437 g/mol. The third-order valence-electron chi connectivity index (χ3n) is 6.83. The van der Waals surface area contributed by atoms with Crippen molar-refractivity contribution < 1.29 is 4.79 Å². The summed E-state index contributed by atoms with van der Waals surface area (Å²) in [6.07, 6.45) is 4.33. The highest BCUT2D eigenvalue weighted by atomic mass is 16.1. The van der Waals surface area contributed by atoms with Gasteiger partial charge in [0.15, 0.2) is 0 Å². The summed E-state index contributed by atoms with van der Waals surface area (Å²) < 4.78 is 0. The smallest absolute Gasteiger partial charge is 0.225 e. The molecule has 1 amide bonds. The molecule has 1 aliphatic heterocycles. The van der Waals surface area contributed by atoms with Gasteiger partial charge < -0.3 is 20.0 Å². The number of aryl methyl sites for hydroxylation is 1. The molecule has 0 saturated carbocycles. The Labute approximate surface area is 191 Å². The predicted molar refractivity (Wildman–Crippen MR) is 129 cm³/mol. The molecule has 172 valence electrons. The van der Waals surface area contributed by atoms with Crippen LogP contribution >= 0.6 is 0 Å². The zero-order valence-corrected chi connectivity index (χ0v) is 19.7. The molecule has 1 fully saturated rings. The maximum atomic E-state index is 12.8. The van der Waals surface area contributed by atoms with Crippen molar-refractivity contribution in [3.05, 3.63) is 47.3 Å². The third-order valence-corrected chi connectivity index (χ3v) is 6.83. The molecule has 1 N–H and O–H groups in total. The number of carbonyl (C=O) groups excluding carboxylic acids is 1. The second-order valence-electron chi connectivity index (χ2n) is 8.93. The summed E-state index contributed by atoms with van der Waals surface area (Å²) in [6, 6.07) is 8.61. The van der Waals surface area contributed by atoms with Crippen molar-refractivity contribution in [3.63, 3.8) is 0 Å². The number of nitrogens with zero attached hydrogens (tertiary/aromatic N) is 5. The van der Waals surface area contributed by atoms with Crippen LogP contribution in [0.1, 0.15) is 37.1 Å². The highest BCUT2D eigenvalue weighted by molar-refractivity contribution is 5.79. The van der Waals surface area contributed by atoms with Gasteiger partial charge in [-0.25, -0.2) is 9.97 Å². The van der Waals surface area contributed by atoms with Gasteiger partial charge in [-0.2, -0.15) is 0 Å². The number of hydrogen-bond donors (Lipinski definition) is 1. The molecule has 0 bridgehead atoms. The molecule has 2 aromatic rings. The number of aromatic nitrogens is 2. The van der Waals surface area contributed by atoms with E-state index in [1.54, 1.807) is 0 Å². The van der Waals surface area contributed by atoms with Crippen LogP contribution in [0.25, 0.3) is 0 Å². The average Bonchev–Trinajstić information content (AvgIpc) is 2.84. The first-order valence-corrected chi connectivity index (χ1v) is 12.0. The minimum absolute atomic E-state index is 0.00461. The number of nitrogens with one attached hydrogen (secondary N) is 1. The van der Waals surface area contributed by atoms with Crippen molar-refractivity contribution in [2.45, 2.75) is 39.7 Å². The van der Waals surface area contributed by atoms with Crippen molar-refractivity contribution in [2.75, 3.05) is 56.1 Å². The van der Waals surface area contributed by atoms with E-state index in [4.69, 9.17) is 4.98 Å². The predicted octanol–water partition coefficient (Wildman–Crippen LogP) is 2.50. The third kappa shape index (κ3) is 5.21. The Balaban J connectivity index is 1.29. The minimum Gasteiger partial charge on any atom is -0.369 e. The van der Waals surface area contributed by atoms with Crippen LogP contribution in [-0.2, 0) is 24.2 Å². The van der Waals surface area contributed by atoms with Gasteiger partial charge >= 0.3 is 0 Å². The van der Waals surface area contributed by atoms with E-state index in [1.165, 1.54) is 5.69 Å². The van der Waals surface area contributed by atoms with Gasteiger partial charge in [-0.05, 0) is 63.4 Å². The fourth-order valence-corrected chi connectivity index (χ4v) is 4.60. The molecule has 1 aromatic carbocycles. The molecule has 2 heterocycles. The molecule has 0 radical (unpaired) electrons. The van der Waals surface area contributed by atoms with Gasteiger partial charge in [0.25, 0.3) is 0 Å². The van der Waals surface area contributed by atoms with E-state index in [1.807, 2.05) is 6.20 Å². The van der Waals surface area contributed by atoms with E-state index in [0.29, 0.717) is 6.54 Å². The first-order valence-electron chi connectivity index (χ1n) is 12.0. The number of rotatable bonds is 7. The van der Waals surface area contributed by atoms with Gasteiger partial charge in [0.2, 0.25) is 11.9 Å². The fraction of sp³-hybridized carbons (Fsp3) is 0.560. The summed E-state index contributed by atoms with van der Waals surface area (Å²) in [5.74, 6) is 0.929. The van der Waals surface area contributed by atoms with Gasteiger partial charge in [0.1, 0.15) is 0 Å². The molecule has 1 unspecified atom stereocenters. The lowest BCUT2D eigenvalue weighted by Gasteiger charge is -2.34. The highest BCUT2D eigenvalue weighted by Crippen LogP contribution is 2.25. The molecule has 7 nitrogen and oxygen atoms in total. The van der Waals surface area contributed by atoms with Crippen LogP contribution in [0.4, 0.5) is 11.6 Å². The first-order chi connectivity index (χ1) is 15.6. The van der Waals surface area contributed by atoms with E-state index in [2.05, 4.69) is 70.2 Å². The van der Waals surface area contributed by atoms with Crippen molar-refractivity contribution in [1.82, 2.24) is 20.2 Å². The van der Waals surface area contributed by atoms with E-state index >= 15 is 0 Å². The number of likely N-dealkylation sites (N-methyl/N-ethyl adjacent to an activating group) is 1. The normalized spacial score (nSPS) is 18.8. The van der Waals surface area contributed by atoms with Crippen molar-refractivity contribution in [1.29, 1.82) is 0 Å². The number of fused-ring (bicyclic) bond motifs is 1. The summed E-state index contributed by atoms with van der Waals surface area (Å²) >= 11 is 0. The number of carbonyl (C=O) groups is 1. The molecule has 4 rings (SSSR count). The van der Waals surface area contributed by atoms with Gasteiger partial charge in [-0.15, -0.1) is 0 Å². The molecular weight excluding hydrogens is 400 g/mol. The van der Waals surface area contributed by atoms with E-state index < -0.39 is 0 Å². The number of benzene rings is 1. The van der Waals surface area contributed by atoms with Crippen LogP contribution in [0.3, 0.4) is 0 Å². The number of piperazine rings is 1. The first kappa shape index (κ1) is 22.5. The van der Waals surface area contributed by atoms with Gasteiger partial charge in [-0.1, -0.05) is 12.1 Å². The van der Waals surface area contributed by atoms with Crippen LogP contribution in [-0.4, -0.2) is 67.1 Å². The van der Waals surface area contributed by atoms with Crippen LogP contribution in [0.15, 0.2) is 30.5 Å². The van der Waals surface area contributed by atoms with Gasteiger partial charge in [-0.3, -0.25) is 4.79 Å². The topological polar surface area (TPSA) is 64.6 Å². The Hall–Kier alpha value is -2.67. The number of hydrogen-bond acceptors (Lipinski definition) is 6. The second kappa shape index (κ2) is 10.3. The number of amides is 1. The molecule has 7 heteroatoms. The summed E-state index contributed by atoms with van der Waals surface area (Å²) in [4.78, 5) is 29.1. The standard InChI is InChI=1S/C25H36N6O/c1-4-30(5-2)25-27-18-21-16-20(8-11-23(21)28-25)24(32)26-17-19-6-9-22(10-7-19)31-14-12-29(3)13-15-31/h6-7,9-10,18,20H,4-5,8,11-17H2,1-3H3,(H,26,32). The lowest BCUT2D eigenvalue weighted by atomic mass is 9.86. The van der Waals surface area contributed by atoms with Crippen molar-refractivity contribution in [3.8, 4) is 0 Å². The Bertz CT molecular complexity index is 903. The quantitative estimate of drug-likeness (QED) is 0.720. The second-order valence-corrected chi connectivity index (χ2v) is 8.93. The van der Waals surface area contributed by atoms with Crippen LogP contribution in [0.2, 0.25) is 0 Å².